The first-order chi connectivity index (χ1) is 7.54. The Morgan fingerprint density at radius 3 is 2.12 bits per heavy atom. The van der Waals surface area contributed by atoms with Crippen LogP contribution in [0.2, 0.25) is 0 Å². The lowest BCUT2D eigenvalue weighted by Gasteiger charge is -2.23. The van der Waals surface area contributed by atoms with E-state index < -0.39 is 36.7 Å². The van der Waals surface area contributed by atoms with E-state index in [1.54, 1.807) is 13.8 Å². The zero-order chi connectivity index (χ0) is 13.8. The summed E-state index contributed by atoms with van der Waals surface area (Å²) in [7, 11) is 0.946. The Labute approximate surface area is 96.6 Å². The van der Waals surface area contributed by atoms with Crippen molar-refractivity contribution < 1.29 is 27.9 Å². The molecule has 8 heteroatoms. The number of urea groups is 1. The zero-order valence-corrected chi connectivity index (χ0v) is 9.71. The lowest BCUT2D eigenvalue weighted by atomic mass is 10.1. The maximum atomic E-state index is 12.0. The predicted octanol–water partition coefficient (Wildman–Crippen LogP) is 1.30. The van der Waals surface area contributed by atoms with E-state index in [2.05, 4.69) is 0 Å². The number of halogens is 3. The van der Waals surface area contributed by atoms with Crippen molar-refractivity contribution in [1.29, 1.82) is 0 Å². The molecule has 1 atom stereocenters. The lowest BCUT2D eigenvalue weighted by Crippen LogP contribution is -2.50. The Kier molecular flexibility index (Phi) is 5.24. The number of alkyl halides is 3. The van der Waals surface area contributed by atoms with Gasteiger partial charge >= 0.3 is 18.2 Å². The van der Waals surface area contributed by atoms with Gasteiger partial charge in [-0.1, -0.05) is 13.8 Å². The molecule has 0 saturated heterocycles. The van der Waals surface area contributed by atoms with Crippen molar-refractivity contribution in [2.75, 3.05) is 13.6 Å². The summed E-state index contributed by atoms with van der Waals surface area (Å²) in [6, 6.07) is -2.28. The summed E-state index contributed by atoms with van der Waals surface area (Å²) in [6.07, 6.45) is -4.51. The van der Waals surface area contributed by atoms with Gasteiger partial charge in [-0.05, 0) is 5.92 Å². The fourth-order valence-corrected chi connectivity index (χ4v) is 1.10. The van der Waals surface area contributed by atoms with E-state index in [0.29, 0.717) is 4.90 Å². The molecule has 0 saturated carbocycles. The summed E-state index contributed by atoms with van der Waals surface area (Å²) in [4.78, 5) is 22.4. The van der Waals surface area contributed by atoms with E-state index in [9.17, 15) is 22.8 Å². The predicted molar refractivity (Wildman–Crippen MR) is 53.5 cm³/mol. The average Bonchev–Trinajstić information content (AvgIpc) is 2.09. The van der Waals surface area contributed by atoms with Crippen molar-refractivity contribution in [1.82, 2.24) is 10.2 Å². The van der Waals surface area contributed by atoms with Gasteiger partial charge in [0, 0.05) is 7.05 Å². The topological polar surface area (TPSA) is 69.6 Å². The molecule has 17 heavy (non-hydrogen) atoms. The van der Waals surface area contributed by atoms with Crippen LogP contribution in [0.25, 0.3) is 0 Å². The van der Waals surface area contributed by atoms with E-state index in [-0.39, 0.29) is 0 Å². The number of rotatable bonds is 4. The number of carbonyl (C=O) groups excluding carboxylic acids is 1. The molecule has 0 spiro atoms. The van der Waals surface area contributed by atoms with Crippen LogP contribution in [-0.4, -0.2) is 47.8 Å². The second kappa shape index (κ2) is 5.74. The first-order valence-electron chi connectivity index (χ1n) is 4.85. The van der Waals surface area contributed by atoms with E-state index >= 15 is 0 Å². The van der Waals surface area contributed by atoms with Crippen LogP contribution in [-0.2, 0) is 4.79 Å². The third kappa shape index (κ3) is 5.98. The molecule has 0 aliphatic carbocycles. The quantitative estimate of drug-likeness (QED) is 0.796. The minimum atomic E-state index is -4.51. The SMILES string of the molecule is CC(C)[C@H](NC(=O)N(C)CC(F)(F)F)C(=O)O. The van der Waals surface area contributed by atoms with Gasteiger partial charge in [-0.15, -0.1) is 0 Å². The second-order valence-corrected chi connectivity index (χ2v) is 3.98. The highest BCUT2D eigenvalue weighted by Gasteiger charge is 2.32. The molecular formula is C9H15F3N2O3. The molecule has 100 valence electrons. The number of carbonyl (C=O) groups is 2. The minimum absolute atomic E-state index is 0.387. The smallest absolute Gasteiger partial charge is 0.406 e. The summed E-state index contributed by atoms with van der Waals surface area (Å²) in [5.41, 5.74) is 0. The summed E-state index contributed by atoms with van der Waals surface area (Å²) < 4.78 is 35.9. The van der Waals surface area contributed by atoms with Crippen LogP contribution in [0.15, 0.2) is 0 Å². The molecule has 0 radical (unpaired) electrons. The zero-order valence-electron chi connectivity index (χ0n) is 9.71. The number of hydrogen-bond acceptors (Lipinski definition) is 2. The maximum Gasteiger partial charge on any atom is 0.406 e. The monoisotopic (exact) mass is 256 g/mol. The molecule has 0 aromatic heterocycles. The minimum Gasteiger partial charge on any atom is -0.480 e. The Hall–Kier alpha value is -1.47. The van der Waals surface area contributed by atoms with Crippen molar-refractivity contribution in [3.05, 3.63) is 0 Å². The van der Waals surface area contributed by atoms with Crippen molar-refractivity contribution >= 4 is 12.0 Å². The van der Waals surface area contributed by atoms with Gasteiger partial charge in [0.25, 0.3) is 0 Å². The van der Waals surface area contributed by atoms with Gasteiger partial charge in [0.15, 0.2) is 0 Å². The second-order valence-electron chi connectivity index (χ2n) is 3.98. The number of carboxylic acids is 1. The molecule has 0 rings (SSSR count). The summed E-state index contributed by atoms with van der Waals surface area (Å²) in [5.74, 6) is -1.70. The maximum absolute atomic E-state index is 12.0. The number of hydrogen-bond donors (Lipinski definition) is 2. The van der Waals surface area contributed by atoms with Crippen LogP contribution < -0.4 is 5.32 Å². The summed E-state index contributed by atoms with van der Waals surface area (Å²) in [5, 5.41) is 10.8. The van der Waals surface area contributed by atoms with Gasteiger partial charge in [0.2, 0.25) is 0 Å². The van der Waals surface area contributed by atoms with Gasteiger partial charge in [-0.3, -0.25) is 0 Å². The molecule has 0 aromatic rings. The van der Waals surface area contributed by atoms with Crippen LogP contribution >= 0.6 is 0 Å². The normalized spacial score (nSPS) is 13.4. The third-order valence-electron chi connectivity index (χ3n) is 1.97. The van der Waals surface area contributed by atoms with E-state index in [4.69, 9.17) is 5.11 Å². The molecule has 0 heterocycles. The number of nitrogens with zero attached hydrogens (tertiary/aromatic N) is 1. The Balaban J connectivity index is 4.47. The molecule has 5 nitrogen and oxygen atoms in total. The molecule has 2 N–H and O–H groups in total. The molecular weight excluding hydrogens is 241 g/mol. The fourth-order valence-electron chi connectivity index (χ4n) is 1.10. The molecule has 0 aliphatic heterocycles. The highest BCUT2D eigenvalue weighted by Crippen LogP contribution is 2.15. The standard InChI is InChI=1S/C9H15F3N2O3/c1-5(2)6(7(15)16)13-8(17)14(3)4-9(10,11)12/h5-6H,4H2,1-3H3,(H,13,17)(H,15,16)/t6-/m0/s1. The summed E-state index contributed by atoms with van der Waals surface area (Å²) >= 11 is 0. The molecule has 0 aliphatic rings. The molecule has 0 unspecified atom stereocenters. The molecule has 0 aromatic carbocycles. The Morgan fingerprint density at radius 2 is 1.82 bits per heavy atom. The van der Waals surface area contributed by atoms with Gasteiger partial charge in [-0.2, -0.15) is 13.2 Å². The molecule has 2 amide bonds. The first kappa shape index (κ1) is 15.5. The van der Waals surface area contributed by atoms with Crippen molar-refractivity contribution in [3.8, 4) is 0 Å². The third-order valence-corrected chi connectivity index (χ3v) is 1.97. The van der Waals surface area contributed by atoms with Crippen LogP contribution in [0, 0.1) is 5.92 Å². The highest BCUT2D eigenvalue weighted by molar-refractivity contribution is 5.82. The largest absolute Gasteiger partial charge is 0.480 e. The molecule has 0 fully saturated rings. The van der Waals surface area contributed by atoms with Crippen LogP contribution in [0.5, 0.6) is 0 Å². The average molecular weight is 256 g/mol. The van der Waals surface area contributed by atoms with Crippen molar-refractivity contribution in [2.45, 2.75) is 26.1 Å². The van der Waals surface area contributed by atoms with Gasteiger partial charge < -0.3 is 15.3 Å². The van der Waals surface area contributed by atoms with Gasteiger partial charge in [0.1, 0.15) is 12.6 Å². The van der Waals surface area contributed by atoms with Crippen LogP contribution in [0.3, 0.4) is 0 Å². The van der Waals surface area contributed by atoms with Crippen LogP contribution in [0.4, 0.5) is 18.0 Å². The number of aliphatic carboxylic acids is 1. The van der Waals surface area contributed by atoms with Crippen LogP contribution in [0.1, 0.15) is 13.8 Å². The Bertz CT molecular complexity index is 292. The lowest BCUT2D eigenvalue weighted by molar-refractivity contribution is -0.140. The summed E-state index contributed by atoms with van der Waals surface area (Å²) in [6.45, 7) is 1.66. The van der Waals surface area contributed by atoms with Crippen molar-refractivity contribution in [3.63, 3.8) is 0 Å². The Morgan fingerprint density at radius 1 is 1.35 bits per heavy atom. The highest BCUT2D eigenvalue weighted by atomic mass is 19.4. The number of amides is 2. The fraction of sp³-hybridized carbons (Fsp3) is 0.778. The molecule has 0 bridgehead atoms. The van der Waals surface area contributed by atoms with E-state index in [1.165, 1.54) is 0 Å². The van der Waals surface area contributed by atoms with Gasteiger partial charge in [-0.25, -0.2) is 9.59 Å². The number of carboxylic acid groups (broad SMARTS) is 1. The van der Waals surface area contributed by atoms with E-state index in [0.717, 1.165) is 7.05 Å². The van der Waals surface area contributed by atoms with Crippen molar-refractivity contribution in [2.24, 2.45) is 5.92 Å². The number of nitrogens with one attached hydrogen (secondary N) is 1. The first-order valence-corrected chi connectivity index (χ1v) is 4.85. The van der Waals surface area contributed by atoms with E-state index in [1.807, 2.05) is 5.32 Å². The van der Waals surface area contributed by atoms with Gasteiger partial charge in [0.05, 0.1) is 0 Å².